The van der Waals surface area contributed by atoms with E-state index in [2.05, 4.69) is 5.32 Å². The highest BCUT2D eigenvalue weighted by molar-refractivity contribution is 5.22. The summed E-state index contributed by atoms with van der Waals surface area (Å²) >= 11 is 0. The Morgan fingerprint density at radius 3 is 3.08 bits per heavy atom. The number of nitrogens with one attached hydrogen (secondary N) is 1. The zero-order valence-corrected chi connectivity index (χ0v) is 8.31. The Hall–Kier alpha value is -0.830. The van der Waals surface area contributed by atoms with Gasteiger partial charge in [-0.15, -0.1) is 0 Å². The second-order valence-electron chi connectivity index (χ2n) is 3.26. The fourth-order valence-corrected chi connectivity index (χ4v) is 1.41. The smallest absolute Gasteiger partial charge is 0.141 e. The number of likely N-dealkylation sites (N-methyl/N-ethyl adjacent to an activating group) is 2. The molecule has 0 heterocycles. The molecule has 1 aliphatic carbocycles. The van der Waals surface area contributed by atoms with E-state index in [0.29, 0.717) is 0 Å². The Labute approximate surface area is 80.6 Å². The molecule has 3 heteroatoms. The summed E-state index contributed by atoms with van der Waals surface area (Å²) in [5, 5.41) is 3.05. The van der Waals surface area contributed by atoms with Gasteiger partial charge in [0.05, 0.1) is 0 Å². The van der Waals surface area contributed by atoms with Crippen molar-refractivity contribution >= 4 is 0 Å². The molecular formula is C10H19FN2. The Morgan fingerprint density at radius 2 is 2.46 bits per heavy atom. The van der Waals surface area contributed by atoms with E-state index < -0.39 is 0 Å². The van der Waals surface area contributed by atoms with Crippen molar-refractivity contribution in [3.05, 3.63) is 23.7 Å². The van der Waals surface area contributed by atoms with Crippen molar-refractivity contribution in [1.82, 2.24) is 10.2 Å². The first-order valence-corrected chi connectivity index (χ1v) is 4.66. The number of allylic oxidation sites excluding steroid dienone is 4. The van der Waals surface area contributed by atoms with Gasteiger partial charge in [-0.2, -0.15) is 0 Å². The van der Waals surface area contributed by atoms with E-state index in [-0.39, 0.29) is 7.25 Å². The van der Waals surface area contributed by atoms with Gasteiger partial charge < -0.3 is 10.2 Å². The number of halogens is 1. The molecule has 0 amide bonds. The molecule has 1 aliphatic rings. The van der Waals surface area contributed by atoms with E-state index in [0.717, 1.165) is 31.6 Å². The van der Waals surface area contributed by atoms with Gasteiger partial charge in [-0.1, -0.05) is 6.08 Å². The van der Waals surface area contributed by atoms with Gasteiger partial charge in [0.2, 0.25) is 0 Å². The minimum absolute atomic E-state index is 0. The molecule has 0 aliphatic heterocycles. The third kappa shape index (κ3) is 2.84. The number of rotatable bonds is 4. The van der Waals surface area contributed by atoms with Crippen molar-refractivity contribution in [2.75, 3.05) is 27.2 Å². The van der Waals surface area contributed by atoms with Crippen molar-refractivity contribution < 1.29 is 5.82 Å². The molecule has 0 aromatic rings. The highest BCUT2D eigenvalue weighted by atomic mass is 19.1. The van der Waals surface area contributed by atoms with Gasteiger partial charge in [0, 0.05) is 27.3 Å². The Bertz CT molecular complexity index is 226. The van der Waals surface area contributed by atoms with Gasteiger partial charge in [0.25, 0.3) is 0 Å². The molecule has 13 heavy (non-hydrogen) atoms. The van der Waals surface area contributed by atoms with Crippen LogP contribution in [0.1, 0.15) is 14.3 Å². The van der Waals surface area contributed by atoms with Gasteiger partial charge >= 0.3 is 0 Å². The van der Waals surface area contributed by atoms with Gasteiger partial charge in [0.15, 0.2) is 0 Å². The van der Waals surface area contributed by atoms with Crippen molar-refractivity contribution in [2.24, 2.45) is 0 Å². The lowest BCUT2D eigenvalue weighted by Crippen LogP contribution is -2.27. The molecule has 0 radical (unpaired) electrons. The summed E-state index contributed by atoms with van der Waals surface area (Å²) < 4.78 is 13.3. The predicted octanol–water partition coefficient (Wildman–Crippen LogP) is 1.91. The van der Waals surface area contributed by atoms with Gasteiger partial charge in [0.1, 0.15) is 5.83 Å². The van der Waals surface area contributed by atoms with Crippen molar-refractivity contribution in [1.29, 1.82) is 0 Å². The maximum Gasteiger partial charge on any atom is 0.141 e. The fraction of sp³-hybridized carbons (Fsp3) is 0.600. The third-order valence-electron chi connectivity index (χ3n) is 2.25. The van der Waals surface area contributed by atoms with Crippen LogP contribution in [-0.4, -0.2) is 32.1 Å². The summed E-state index contributed by atoms with van der Waals surface area (Å²) in [5.74, 6) is -0.0788. The van der Waals surface area contributed by atoms with E-state index in [1.807, 2.05) is 25.1 Å². The number of nitrogens with zero attached hydrogens (tertiary/aromatic N) is 1. The second-order valence-corrected chi connectivity index (χ2v) is 3.26. The van der Waals surface area contributed by atoms with Crippen molar-refractivity contribution in [3.63, 3.8) is 0 Å². The normalized spacial score (nSPS) is 16.5. The second kappa shape index (κ2) is 5.02. The molecular weight excluding hydrogens is 167 g/mol. The quantitative estimate of drug-likeness (QED) is 0.721. The maximum atomic E-state index is 13.3. The molecule has 0 saturated carbocycles. The molecule has 0 bridgehead atoms. The number of hydrogen-bond acceptors (Lipinski definition) is 2. The van der Waals surface area contributed by atoms with Gasteiger partial charge in [-0.3, -0.25) is 0 Å². The first kappa shape index (κ1) is 10.3. The van der Waals surface area contributed by atoms with Crippen molar-refractivity contribution in [2.45, 2.75) is 12.8 Å². The average molecular weight is 186 g/mol. The topological polar surface area (TPSA) is 15.3 Å². The molecule has 0 atom stereocenters. The number of hydrogen-bond donors (Lipinski definition) is 1. The van der Waals surface area contributed by atoms with Crippen LogP contribution in [0.25, 0.3) is 0 Å². The minimum atomic E-state index is -0.0788. The highest BCUT2D eigenvalue weighted by Crippen LogP contribution is 2.21. The average Bonchev–Trinajstić information content (AvgIpc) is 2.15. The van der Waals surface area contributed by atoms with Crippen LogP contribution in [0.2, 0.25) is 0 Å². The Balaban J connectivity index is 0.00000169. The first-order valence-electron chi connectivity index (χ1n) is 4.66. The fourth-order valence-electron chi connectivity index (χ4n) is 1.41. The lowest BCUT2D eigenvalue weighted by atomic mass is 10.1. The van der Waals surface area contributed by atoms with Gasteiger partial charge in [-0.05, 0) is 26.0 Å². The molecule has 0 aromatic carbocycles. The predicted molar refractivity (Wildman–Crippen MR) is 55.2 cm³/mol. The van der Waals surface area contributed by atoms with E-state index in [1.165, 1.54) is 0 Å². The lowest BCUT2D eigenvalue weighted by Gasteiger charge is -2.24. The van der Waals surface area contributed by atoms with Crippen LogP contribution in [0.3, 0.4) is 0 Å². The van der Waals surface area contributed by atoms with Crippen molar-refractivity contribution in [3.8, 4) is 0 Å². The monoisotopic (exact) mass is 186 g/mol. The standard InChI is InChI=1S/C10H17FN2.H2/c1-12-7-8-13(2)10-6-4-3-5-9(10)11;/h3,5,12H,4,6-8H2,1-2H3;1H. The molecule has 1 rings (SSSR count). The van der Waals surface area contributed by atoms with E-state index in [4.69, 9.17) is 0 Å². The van der Waals surface area contributed by atoms with Crippen LogP contribution in [0, 0.1) is 0 Å². The molecule has 0 unspecified atom stereocenters. The Kier molecular flexibility index (Phi) is 3.96. The maximum absolute atomic E-state index is 13.3. The molecule has 0 saturated heterocycles. The molecule has 1 N–H and O–H groups in total. The lowest BCUT2D eigenvalue weighted by molar-refractivity contribution is 0.380. The molecule has 0 aromatic heterocycles. The summed E-state index contributed by atoms with van der Waals surface area (Å²) in [4.78, 5) is 1.98. The largest absolute Gasteiger partial charge is 0.374 e. The molecule has 2 nitrogen and oxygen atoms in total. The summed E-state index contributed by atoms with van der Waals surface area (Å²) in [6, 6.07) is 0. The summed E-state index contributed by atoms with van der Waals surface area (Å²) in [6.07, 6.45) is 5.22. The van der Waals surface area contributed by atoms with Crippen LogP contribution in [0.4, 0.5) is 4.39 Å². The van der Waals surface area contributed by atoms with Crippen LogP contribution < -0.4 is 5.32 Å². The van der Waals surface area contributed by atoms with Crippen LogP contribution in [-0.2, 0) is 0 Å². The molecule has 0 fully saturated rings. The summed E-state index contributed by atoms with van der Waals surface area (Å²) in [6.45, 7) is 1.74. The molecule has 76 valence electrons. The Morgan fingerprint density at radius 1 is 1.69 bits per heavy atom. The summed E-state index contributed by atoms with van der Waals surface area (Å²) in [5.41, 5.74) is 0.831. The van der Waals surface area contributed by atoms with Crippen LogP contribution in [0.5, 0.6) is 0 Å². The van der Waals surface area contributed by atoms with Gasteiger partial charge in [-0.25, -0.2) is 4.39 Å². The third-order valence-corrected chi connectivity index (χ3v) is 2.25. The molecule has 0 spiro atoms. The zero-order chi connectivity index (χ0) is 9.68. The highest BCUT2D eigenvalue weighted by Gasteiger charge is 2.11. The van der Waals surface area contributed by atoms with Crippen LogP contribution in [0.15, 0.2) is 23.7 Å². The first-order chi connectivity index (χ1) is 6.25. The van der Waals surface area contributed by atoms with E-state index >= 15 is 0 Å². The van der Waals surface area contributed by atoms with E-state index in [9.17, 15) is 4.39 Å². The van der Waals surface area contributed by atoms with Crippen LogP contribution >= 0.6 is 0 Å². The van der Waals surface area contributed by atoms with E-state index in [1.54, 1.807) is 6.08 Å². The summed E-state index contributed by atoms with van der Waals surface area (Å²) in [7, 11) is 3.84. The SMILES string of the molecule is CNCCN(C)C1=C(F)C=CCC1.[HH]. The minimum Gasteiger partial charge on any atom is -0.374 e. The zero-order valence-electron chi connectivity index (χ0n) is 8.31.